The van der Waals surface area contributed by atoms with Crippen molar-refractivity contribution in [2.75, 3.05) is 0 Å². The van der Waals surface area contributed by atoms with Crippen LogP contribution < -0.4 is 5.32 Å². The topological polar surface area (TPSA) is 29.1 Å². The van der Waals surface area contributed by atoms with Gasteiger partial charge in [-0.25, -0.2) is 0 Å². The van der Waals surface area contributed by atoms with E-state index < -0.39 is 0 Å². The van der Waals surface area contributed by atoms with E-state index in [0.29, 0.717) is 0 Å². The highest BCUT2D eigenvalue weighted by atomic mass is 16.2. The van der Waals surface area contributed by atoms with E-state index >= 15 is 0 Å². The number of rotatable bonds is 5. The van der Waals surface area contributed by atoms with Crippen LogP contribution in [-0.2, 0) is 4.79 Å². The Morgan fingerprint density at radius 2 is 1.86 bits per heavy atom. The zero-order valence-corrected chi connectivity index (χ0v) is 10.3. The summed E-state index contributed by atoms with van der Waals surface area (Å²) in [7, 11) is 0. The second-order valence-electron chi connectivity index (χ2n) is 4.99. The Balaban J connectivity index is 4.04. The smallest absolute Gasteiger partial charge is 0.223 e. The second-order valence-corrected chi connectivity index (χ2v) is 4.99. The van der Waals surface area contributed by atoms with Crippen LogP contribution in [0, 0.1) is 5.92 Å². The van der Waals surface area contributed by atoms with Crippen molar-refractivity contribution >= 4 is 5.91 Å². The van der Waals surface area contributed by atoms with Crippen molar-refractivity contribution < 1.29 is 4.79 Å². The lowest BCUT2D eigenvalue weighted by atomic mass is 9.97. The van der Waals surface area contributed by atoms with Gasteiger partial charge in [-0.3, -0.25) is 4.79 Å². The molecule has 0 saturated carbocycles. The second kappa shape index (κ2) is 6.05. The first-order valence-electron chi connectivity index (χ1n) is 5.72. The molecule has 0 aliphatic rings. The van der Waals surface area contributed by atoms with Gasteiger partial charge in [-0.05, 0) is 33.6 Å². The van der Waals surface area contributed by atoms with Crippen LogP contribution in [0.2, 0.25) is 0 Å². The summed E-state index contributed by atoms with van der Waals surface area (Å²) in [6, 6.07) is 0. The van der Waals surface area contributed by atoms with Gasteiger partial charge < -0.3 is 5.32 Å². The minimum Gasteiger partial charge on any atom is -0.351 e. The predicted octanol–water partition coefficient (Wildman–Crippen LogP) is 3.12. The van der Waals surface area contributed by atoms with E-state index in [4.69, 9.17) is 0 Å². The summed E-state index contributed by atoms with van der Waals surface area (Å²) in [6.45, 7) is 10.3. The third kappa shape index (κ3) is 6.01. The van der Waals surface area contributed by atoms with Gasteiger partial charge in [0.15, 0.2) is 0 Å². The summed E-state index contributed by atoms with van der Waals surface area (Å²) in [5.41, 5.74) is -0.100. The van der Waals surface area contributed by atoms with Gasteiger partial charge in [-0.15, -0.1) is 0 Å². The van der Waals surface area contributed by atoms with Crippen LogP contribution in [-0.4, -0.2) is 11.4 Å². The first-order chi connectivity index (χ1) is 6.40. The van der Waals surface area contributed by atoms with Crippen molar-refractivity contribution in [3.05, 3.63) is 0 Å². The molecule has 0 aromatic rings. The quantitative estimate of drug-likeness (QED) is 0.724. The van der Waals surface area contributed by atoms with Gasteiger partial charge in [0.1, 0.15) is 0 Å². The molecule has 1 N–H and O–H groups in total. The highest BCUT2D eigenvalue weighted by molar-refractivity contribution is 5.79. The summed E-state index contributed by atoms with van der Waals surface area (Å²) >= 11 is 0. The van der Waals surface area contributed by atoms with Gasteiger partial charge in [-0.1, -0.05) is 26.7 Å². The summed E-state index contributed by atoms with van der Waals surface area (Å²) in [4.78, 5) is 11.8. The van der Waals surface area contributed by atoms with Crippen LogP contribution in [0.25, 0.3) is 0 Å². The highest BCUT2D eigenvalue weighted by Crippen LogP contribution is 2.14. The number of carbonyl (C=O) groups is 1. The minimum atomic E-state index is -0.100. The number of unbranched alkanes of at least 4 members (excludes halogenated alkanes) is 1. The average Bonchev–Trinajstić information content (AvgIpc) is 2.02. The maximum atomic E-state index is 11.8. The fourth-order valence-corrected chi connectivity index (χ4v) is 1.44. The zero-order valence-electron chi connectivity index (χ0n) is 10.3. The first kappa shape index (κ1) is 13.5. The molecule has 84 valence electrons. The molecule has 0 aliphatic heterocycles. The first-order valence-corrected chi connectivity index (χ1v) is 5.72. The van der Waals surface area contributed by atoms with Crippen LogP contribution in [0.3, 0.4) is 0 Å². The molecule has 0 saturated heterocycles. The number of hydrogen-bond donors (Lipinski definition) is 1. The maximum Gasteiger partial charge on any atom is 0.223 e. The minimum absolute atomic E-state index is 0.100. The molecule has 1 atom stereocenters. The van der Waals surface area contributed by atoms with E-state index in [1.807, 2.05) is 20.8 Å². The number of hydrogen-bond acceptors (Lipinski definition) is 1. The SMILES string of the molecule is CCCC[C@@H](CC)C(=O)NC(C)(C)C. The van der Waals surface area contributed by atoms with Crippen LogP contribution in [0.15, 0.2) is 0 Å². The molecular weight excluding hydrogens is 174 g/mol. The molecule has 2 nitrogen and oxygen atoms in total. The van der Waals surface area contributed by atoms with Gasteiger partial charge in [0.05, 0.1) is 0 Å². The molecule has 1 amide bonds. The van der Waals surface area contributed by atoms with E-state index in [1.54, 1.807) is 0 Å². The molecule has 14 heavy (non-hydrogen) atoms. The van der Waals surface area contributed by atoms with E-state index in [0.717, 1.165) is 19.3 Å². The number of nitrogens with one attached hydrogen (secondary N) is 1. The molecule has 0 radical (unpaired) electrons. The van der Waals surface area contributed by atoms with Gasteiger partial charge >= 0.3 is 0 Å². The Labute approximate surface area is 88.5 Å². The van der Waals surface area contributed by atoms with Crippen LogP contribution >= 0.6 is 0 Å². The van der Waals surface area contributed by atoms with Crippen LogP contribution in [0.5, 0.6) is 0 Å². The van der Waals surface area contributed by atoms with E-state index in [-0.39, 0.29) is 17.4 Å². The largest absolute Gasteiger partial charge is 0.351 e. The predicted molar refractivity (Wildman–Crippen MR) is 61.2 cm³/mol. The molecule has 0 aromatic carbocycles. The average molecular weight is 199 g/mol. The van der Waals surface area contributed by atoms with Crippen molar-refractivity contribution in [3.63, 3.8) is 0 Å². The molecule has 0 bridgehead atoms. The van der Waals surface area contributed by atoms with Crippen molar-refractivity contribution in [2.24, 2.45) is 5.92 Å². The fourth-order valence-electron chi connectivity index (χ4n) is 1.44. The van der Waals surface area contributed by atoms with Gasteiger partial charge in [0.25, 0.3) is 0 Å². The molecular formula is C12H25NO. The molecule has 0 fully saturated rings. The molecule has 0 spiro atoms. The van der Waals surface area contributed by atoms with Crippen molar-refractivity contribution in [3.8, 4) is 0 Å². The summed E-state index contributed by atoms with van der Waals surface area (Å²) in [5, 5.41) is 3.04. The van der Waals surface area contributed by atoms with E-state index in [1.165, 1.54) is 6.42 Å². The Bertz CT molecular complexity index is 170. The third-order valence-electron chi connectivity index (χ3n) is 2.27. The molecule has 0 rings (SSSR count). The highest BCUT2D eigenvalue weighted by Gasteiger charge is 2.20. The zero-order chi connectivity index (χ0) is 11.2. The van der Waals surface area contributed by atoms with Gasteiger partial charge in [-0.2, -0.15) is 0 Å². The van der Waals surface area contributed by atoms with Crippen molar-refractivity contribution in [1.29, 1.82) is 0 Å². The Morgan fingerprint density at radius 1 is 1.29 bits per heavy atom. The Morgan fingerprint density at radius 3 is 2.21 bits per heavy atom. The molecule has 0 unspecified atom stereocenters. The normalized spacial score (nSPS) is 13.8. The van der Waals surface area contributed by atoms with Crippen molar-refractivity contribution in [1.82, 2.24) is 5.32 Å². The van der Waals surface area contributed by atoms with Gasteiger partial charge in [0.2, 0.25) is 5.91 Å². The Hall–Kier alpha value is -0.530. The Kier molecular flexibility index (Phi) is 5.82. The van der Waals surface area contributed by atoms with E-state index in [2.05, 4.69) is 19.2 Å². The molecule has 2 heteroatoms. The number of carbonyl (C=O) groups excluding carboxylic acids is 1. The molecule has 0 aliphatic carbocycles. The van der Waals surface area contributed by atoms with Crippen molar-refractivity contribution in [2.45, 2.75) is 65.8 Å². The van der Waals surface area contributed by atoms with Crippen LogP contribution in [0.4, 0.5) is 0 Å². The summed E-state index contributed by atoms with van der Waals surface area (Å²) < 4.78 is 0. The van der Waals surface area contributed by atoms with Gasteiger partial charge in [0, 0.05) is 11.5 Å². The third-order valence-corrected chi connectivity index (χ3v) is 2.27. The lowest BCUT2D eigenvalue weighted by Crippen LogP contribution is -2.43. The lowest BCUT2D eigenvalue weighted by molar-refractivity contribution is -0.126. The van der Waals surface area contributed by atoms with Crippen LogP contribution in [0.1, 0.15) is 60.3 Å². The summed E-state index contributed by atoms with van der Waals surface area (Å²) in [5.74, 6) is 0.419. The fraction of sp³-hybridized carbons (Fsp3) is 0.917. The monoisotopic (exact) mass is 199 g/mol. The van der Waals surface area contributed by atoms with E-state index in [9.17, 15) is 4.79 Å². The molecule has 0 heterocycles. The summed E-state index contributed by atoms with van der Waals surface area (Å²) in [6.07, 6.45) is 4.28. The molecule has 0 aromatic heterocycles. The standard InChI is InChI=1S/C12H25NO/c1-6-8-9-10(7-2)11(14)13-12(3,4)5/h10H,6-9H2,1-5H3,(H,13,14)/t10-/m1/s1. The number of amides is 1. The lowest BCUT2D eigenvalue weighted by Gasteiger charge is -2.24. The maximum absolute atomic E-state index is 11.8.